The van der Waals surface area contributed by atoms with E-state index in [1.54, 1.807) is 18.1 Å². The Bertz CT molecular complexity index is 1210. The molecule has 168 valence electrons. The number of para-hydroxylation sites is 1. The standard InChI is InChI=1S/C26H27N5O2/c1-19-15-23(13-14-24(19)31-18-27-28-29-31)26(32)30(17-21-9-5-4-6-10-21)20(2)16-22-11-7-8-12-25(22)33-3/h4-15,18,20H,16-17H2,1-3H3. The number of nitrogens with zero attached hydrogens (tertiary/aromatic N) is 5. The molecule has 0 aliphatic heterocycles. The molecule has 7 heteroatoms. The summed E-state index contributed by atoms with van der Waals surface area (Å²) in [5.41, 5.74) is 4.55. The fourth-order valence-electron chi connectivity index (χ4n) is 3.99. The van der Waals surface area contributed by atoms with Gasteiger partial charge in [-0.25, -0.2) is 4.68 Å². The van der Waals surface area contributed by atoms with Gasteiger partial charge in [-0.2, -0.15) is 0 Å². The second-order valence-electron chi connectivity index (χ2n) is 8.04. The molecule has 33 heavy (non-hydrogen) atoms. The van der Waals surface area contributed by atoms with Crippen LogP contribution in [0.25, 0.3) is 5.69 Å². The quantitative estimate of drug-likeness (QED) is 0.409. The van der Waals surface area contributed by atoms with Gasteiger partial charge in [0.25, 0.3) is 5.91 Å². The number of amides is 1. The summed E-state index contributed by atoms with van der Waals surface area (Å²) in [6, 6.07) is 23.6. The van der Waals surface area contributed by atoms with E-state index < -0.39 is 0 Å². The summed E-state index contributed by atoms with van der Waals surface area (Å²) in [6.45, 7) is 4.55. The maximum Gasteiger partial charge on any atom is 0.254 e. The van der Waals surface area contributed by atoms with Crippen molar-refractivity contribution in [1.29, 1.82) is 0 Å². The lowest BCUT2D eigenvalue weighted by molar-refractivity contribution is 0.0674. The number of carbonyl (C=O) groups excluding carboxylic acids is 1. The molecule has 1 heterocycles. The van der Waals surface area contributed by atoms with E-state index in [2.05, 4.69) is 22.4 Å². The van der Waals surface area contributed by atoms with E-state index in [0.717, 1.165) is 28.1 Å². The van der Waals surface area contributed by atoms with Crippen LogP contribution in [0.3, 0.4) is 0 Å². The van der Waals surface area contributed by atoms with Crippen molar-refractivity contribution in [1.82, 2.24) is 25.1 Å². The lowest BCUT2D eigenvalue weighted by Gasteiger charge is -2.30. The van der Waals surface area contributed by atoms with Gasteiger partial charge in [-0.3, -0.25) is 4.79 Å². The molecule has 0 spiro atoms. The van der Waals surface area contributed by atoms with Gasteiger partial charge in [-0.1, -0.05) is 48.5 Å². The van der Waals surface area contributed by atoms with Gasteiger partial charge in [0.1, 0.15) is 12.1 Å². The molecule has 0 fully saturated rings. The summed E-state index contributed by atoms with van der Waals surface area (Å²) in [5, 5.41) is 11.3. The minimum atomic E-state index is -0.0477. The van der Waals surface area contributed by atoms with Crippen LogP contribution >= 0.6 is 0 Å². The molecule has 0 saturated heterocycles. The Labute approximate surface area is 193 Å². The Balaban J connectivity index is 1.64. The smallest absolute Gasteiger partial charge is 0.254 e. The molecule has 1 unspecified atom stereocenters. The molecule has 3 aromatic carbocycles. The summed E-state index contributed by atoms with van der Waals surface area (Å²) >= 11 is 0. The predicted molar refractivity (Wildman–Crippen MR) is 126 cm³/mol. The second kappa shape index (κ2) is 10.1. The minimum absolute atomic E-state index is 0.0207. The number of methoxy groups -OCH3 is 1. The summed E-state index contributed by atoms with van der Waals surface area (Å²) in [6.07, 6.45) is 2.23. The Morgan fingerprint density at radius 3 is 2.52 bits per heavy atom. The molecule has 7 nitrogen and oxygen atoms in total. The van der Waals surface area contributed by atoms with E-state index in [9.17, 15) is 4.79 Å². The van der Waals surface area contributed by atoms with Crippen LogP contribution in [0.2, 0.25) is 0 Å². The molecule has 0 N–H and O–H groups in total. The van der Waals surface area contributed by atoms with E-state index in [1.807, 2.05) is 84.6 Å². The average Bonchev–Trinajstić information content (AvgIpc) is 3.37. The highest BCUT2D eigenvalue weighted by Gasteiger charge is 2.24. The Morgan fingerprint density at radius 1 is 1.06 bits per heavy atom. The number of rotatable bonds is 8. The molecule has 0 radical (unpaired) electrons. The number of carbonyl (C=O) groups is 1. The van der Waals surface area contributed by atoms with Gasteiger partial charge in [-0.05, 0) is 71.7 Å². The van der Waals surface area contributed by atoms with Gasteiger partial charge in [0.15, 0.2) is 0 Å². The van der Waals surface area contributed by atoms with Crippen LogP contribution in [0.1, 0.15) is 34.0 Å². The van der Waals surface area contributed by atoms with Crippen LogP contribution in [-0.2, 0) is 13.0 Å². The predicted octanol–water partition coefficient (Wildman–Crippen LogP) is 4.25. The molecule has 4 rings (SSSR count). The first kappa shape index (κ1) is 22.2. The van der Waals surface area contributed by atoms with E-state index in [-0.39, 0.29) is 11.9 Å². The van der Waals surface area contributed by atoms with Crippen LogP contribution < -0.4 is 4.74 Å². The molecule has 1 aromatic heterocycles. The Hall–Kier alpha value is -4.00. The summed E-state index contributed by atoms with van der Waals surface area (Å²) < 4.78 is 7.12. The van der Waals surface area contributed by atoms with Crippen molar-refractivity contribution >= 4 is 5.91 Å². The number of aromatic nitrogens is 4. The molecule has 0 saturated carbocycles. The monoisotopic (exact) mass is 441 g/mol. The van der Waals surface area contributed by atoms with Gasteiger partial charge >= 0.3 is 0 Å². The third-order valence-electron chi connectivity index (χ3n) is 5.74. The van der Waals surface area contributed by atoms with Gasteiger partial charge in [0.2, 0.25) is 0 Å². The van der Waals surface area contributed by atoms with Crippen molar-refractivity contribution in [2.45, 2.75) is 32.9 Å². The fourth-order valence-corrected chi connectivity index (χ4v) is 3.99. The molecule has 0 aliphatic carbocycles. The molecule has 0 aliphatic rings. The lowest BCUT2D eigenvalue weighted by atomic mass is 10.0. The number of hydrogen-bond donors (Lipinski definition) is 0. The normalized spacial score (nSPS) is 11.7. The van der Waals surface area contributed by atoms with Gasteiger partial charge in [0, 0.05) is 18.2 Å². The molecule has 0 bridgehead atoms. The van der Waals surface area contributed by atoms with Crippen LogP contribution in [0.4, 0.5) is 0 Å². The molecule has 1 amide bonds. The molecule has 1 atom stereocenters. The highest BCUT2D eigenvalue weighted by molar-refractivity contribution is 5.95. The molecular formula is C26H27N5O2. The maximum absolute atomic E-state index is 13.7. The first-order valence-corrected chi connectivity index (χ1v) is 10.9. The van der Waals surface area contributed by atoms with Crippen LogP contribution in [0.5, 0.6) is 5.75 Å². The number of aryl methyl sites for hydroxylation is 1. The zero-order valence-electron chi connectivity index (χ0n) is 19.0. The molecular weight excluding hydrogens is 414 g/mol. The van der Waals surface area contributed by atoms with Crippen LogP contribution in [-0.4, -0.2) is 44.2 Å². The zero-order chi connectivity index (χ0) is 23.2. The second-order valence-corrected chi connectivity index (χ2v) is 8.04. The van der Waals surface area contributed by atoms with E-state index in [0.29, 0.717) is 18.5 Å². The zero-order valence-corrected chi connectivity index (χ0v) is 19.0. The minimum Gasteiger partial charge on any atom is -0.496 e. The lowest BCUT2D eigenvalue weighted by Crippen LogP contribution is -2.39. The largest absolute Gasteiger partial charge is 0.496 e. The SMILES string of the molecule is COc1ccccc1CC(C)N(Cc1ccccc1)C(=O)c1ccc(-n2cnnn2)c(C)c1. The van der Waals surface area contributed by atoms with E-state index in [1.165, 1.54) is 0 Å². The number of ether oxygens (including phenoxy) is 1. The van der Waals surface area contributed by atoms with Gasteiger partial charge in [0.05, 0.1) is 12.8 Å². The number of tetrazole rings is 1. The topological polar surface area (TPSA) is 73.1 Å². The van der Waals surface area contributed by atoms with Crippen molar-refractivity contribution in [3.8, 4) is 11.4 Å². The van der Waals surface area contributed by atoms with Crippen LogP contribution in [0, 0.1) is 6.92 Å². The van der Waals surface area contributed by atoms with Crippen molar-refractivity contribution in [3.63, 3.8) is 0 Å². The van der Waals surface area contributed by atoms with Crippen molar-refractivity contribution in [2.24, 2.45) is 0 Å². The number of benzene rings is 3. The summed E-state index contributed by atoms with van der Waals surface area (Å²) in [4.78, 5) is 15.7. The van der Waals surface area contributed by atoms with Crippen molar-refractivity contribution in [3.05, 3.63) is 101 Å². The van der Waals surface area contributed by atoms with E-state index >= 15 is 0 Å². The van der Waals surface area contributed by atoms with Gasteiger partial charge in [-0.15, -0.1) is 5.10 Å². The number of hydrogen-bond acceptors (Lipinski definition) is 5. The van der Waals surface area contributed by atoms with E-state index in [4.69, 9.17) is 4.74 Å². The highest BCUT2D eigenvalue weighted by Crippen LogP contribution is 2.24. The summed E-state index contributed by atoms with van der Waals surface area (Å²) in [5.74, 6) is 0.811. The summed E-state index contributed by atoms with van der Waals surface area (Å²) in [7, 11) is 1.67. The maximum atomic E-state index is 13.7. The third kappa shape index (κ3) is 5.09. The fraction of sp³-hybridized carbons (Fsp3) is 0.231. The Kier molecular flexibility index (Phi) is 6.78. The first-order chi connectivity index (χ1) is 16.1. The Morgan fingerprint density at radius 2 is 1.82 bits per heavy atom. The first-order valence-electron chi connectivity index (χ1n) is 10.9. The highest BCUT2D eigenvalue weighted by atomic mass is 16.5. The molecule has 4 aromatic rings. The average molecular weight is 442 g/mol. The van der Waals surface area contributed by atoms with Crippen molar-refractivity contribution in [2.75, 3.05) is 7.11 Å². The third-order valence-corrected chi connectivity index (χ3v) is 5.74. The van der Waals surface area contributed by atoms with Crippen molar-refractivity contribution < 1.29 is 9.53 Å². The van der Waals surface area contributed by atoms with Crippen LogP contribution in [0.15, 0.2) is 79.1 Å². The van der Waals surface area contributed by atoms with Gasteiger partial charge < -0.3 is 9.64 Å².